The first-order valence-electron chi connectivity index (χ1n) is 6.22. The van der Waals surface area contributed by atoms with E-state index in [4.69, 9.17) is 5.11 Å². The van der Waals surface area contributed by atoms with Crippen LogP contribution in [0.15, 0.2) is 41.8 Å². The number of amides is 1. The smallest absolute Gasteiger partial charge is 0.305 e. The van der Waals surface area contributed by atoms with Crippen LogP contribution >= 0.6 is 11.3 Å². The molecule has 0 aliphatic heterocycles. The zero-order chi connectivity index (χ0) is 14.5. The summed E-state index contributed by atoms with van der Waals surface area (Å²) in [5.74, 6) is -1.07. The molecule has 0 unspecified atom stereocenters. The maximum atomic E-state index is 12.5. The highest BCUT2D eigenvalue weighted by Gasteiger charge is 2.20. The summed E-state index contributed by atoms with van der Waals surface area (Å²) >= 11 is 1.36. The maximum Gasteiger partial charge on any atom is 0.305 e. The number of rotatable bonds is 5. The average Bonchev–Trinajstić information content (AvgIpc) is 2.94. The van der Waals surface area contributed by atoms with E-state index in [2.05, 4.69) is 0 Å². The zero-order valence-corrected chi connectivity index (χ0v) is 11.9. The minimum Gasteiger partial charge on any atom is -0.481 e. The number of carboxylic acid groups (broad SMARTS) is 1. The van der Waals surface area contributed by atoms with Crippen molar-refractivity contribution in [2.75, 3.05) is 11.4 Å². The molecule has 1 aromatic carbocycles. The van der Waals surface area contributed by atoms with Crippen molar-refractivity contribution in [1.82, 2.24) is 0 Å². The minimum atomic E-state index is -0.914. The topological polar surface area (TPSA) is 57.6 Å². The van der Waals surface area contributed by atoms with Crippen LogP contribution in [-0.2, 0) is 4.79 Å². The second-order valence-corrected chi connectivity index (χ2v) is 5.31. The van der Waals surface area contributed by atoms with Crippen molar-refractivity contribution in [2.45, 2.75) is 13.3 Å². The fraction of sp³-hybridized carbons (Fsp3) is 0.200. The predicted molar refractivity (Wildman–Crippen MR) is 79.4 cm³/mol. The summed E-state index contributed by atoms with van der Waals surface area (Å²) in [6.07, 6.45) is -0.0779. The maximum absolute atomic E-state index is 12.5. The minimum absolute atomic E-state index is 0.0779. The van der Waals surface area contributed by atoms with E-state index in [1.165, 1.54) is 16.2 Å². The van der Waals surface area contributed by atoms with Gasteiger partial charge in [-0.1, -0.05) is 24.3 Å². The Morgan fingerprint density at radius 3 is 2.55 bits per heavy atom. The van der Waals surface area contributed by atoms with Crippen molar-refractivity contribution >= 4 is 28.9 Å². The van der Waals surface area contributed by atoms with E-state index in [0.29, 0.717) is 4.88 Å². The summed E-state index contributed by atoms with van der Waals surface area (Å²) in [6.45, 7) is 2.07. The van der Waals surface area contributed by atoms with Crippen molar-refractivity contribution in [3.63, 3.8) is 0 Å². The molecule has 1 aromatic heterocycles. The van der Waals surface area contributed by atoms with E-state index in [-0.39, 0.29) is 18.9 Å². The Labute approximate surface area is 121 Å². The first-order chi connectivity index (χ1) is 9.59. The lowest BCUT2D eigenvalue weighted by Crippen LogP contribution is -2.33. The standard InChI is InChI=1S/C15H15NO3S/c1-11-5-2-3-6-12(11)16(9-8-14(17)18)15(19)13-7-4-10-20-13/h2-7,10H,8-9H2,1H3,(H,17,18). The Balaban J connectivity index is 2.32. The van der Waals surface area contributed by atoms with Gasteiger partial charge in [0, 0.05) is 12.2 Å². The van der Waals surface area contributed by atoms with Gasteiger partial charge in [0.15, 0.2) is 0 Å². The number of carbonyl (C=O) groups excluding carboxylic acids is 1. The van der Waals surface area contributed by atoms with Crippen LogP contribution in [0.4, 0.5) is 5.69 Å². The van der Waals surface area contributed by atoms with Crippen molar-refractivity contribution < 1.29 is 14.7 Å². The Kier molecular flexibility index (Phi) is 4.53. The monoisotopic (exact) mass is 289 g/mol. The number of nitrogens with zero attached hydrogens (tertiary/aromatic N) is 1. The number of aliphatic carboxylic acids is 1. The Morgan fingerprint density at radius 2 is 1.95 bits per heavy atom. The second kappa shape index (κ2) is 6.34. The summed E-state index contributed by atoms with van der Waals surface area (Å²) in [5, 5.41) is 10.7. The highest BCUT2D eigenvalue weighted by Crippen LogP contribution is 2.23. The lowest BCUT2D eigenvalue weighted by Gasteiger charge is -2.23. The quantitative estimate of drug-likeness (QED) is 0.919. The van der Waals surface area contributed by atoms with Gasteiger partial charge in [-0.2, -0.15) is 0 Å². The van der Waals surface area contributed by atoms with E-state index >= 15 is 0 Å². The molecule has 0 bridgehead atoms. The molecule has 1 amide bonds. The Bertz CT molecular complexity index is 607. The molecule has 4 nitrogen and oxygen atoms in total. The number of carbonyl (C=O) groups is 2. The number of thiophene rings is 1. The number of hydrogen-bond acceptors (Lipinski definition) is 3. The first-order valence-corrected chi connectivity index (χ1v) is 7.10. The largest absolute Gasteiger partial charge is 0.481 e. The molecule has 5 heteroatoms. The van der Waals surface area contributed by atoms with Crippen LogP contribution < -0.4 is 4.90 Å². The second-order valence-electron chi connectivity index (χ2n) is 4.36. The lowest BCUT2D eigenvalue weighted by atomic mass is 10.1. The van der Waals surface area contributed by atoms with Crippen molar-refractivity contribution in [3.05, 3.63) is 52.2 Å². The molecule has 2 rings (SSSR count). The van der Waals surface area contributed by atoms with Crippen molar-refractivity contribution in [2.24, 2.45) is 0 Å². The number of aryl methyl sites for hydroxylation is 1. The van der Waals surface area contributed by atoms with Gasteiger partial charge in [0.1, 0.15) is 0 Å². The van der Waals surface area contributed by atoms with Crippen molar-refractivity contribution in [1.29, 1.82) is 0 Å². The van der Waals surface area contributed by atoms with Crippen LogP contribution in [0.1, 0.15) is 21.7 Å². The van der Waals surface area contributed by atoms with Gasteiger partial charge in [-0.3, -0.25) is 9.59 Å². The SMILES string of the molecule is Cc1ccccc1N(CCC(=O)O)C(=O)c1cccs1. The number of para-hydroxylation sites is 1. The Morgan fingerprint density at radius 1 is 1.20 bits per heavy atom. The van der Waals surface area contributed by atoms with Gasteiger partial charge in [0.25, 0.3) is 5.91 Å². The third-order valence-corrected chi connectivity index (χ3v) is 3.79. The molecular formula is C15H15NO3S. The summed E-state index contributed by atoms with van der Waals surface area (Å²) in [7, 11) is 0. The van der Waals surface area contributed by atoms with E-state index in [1.807, 2.05) is 42.6 Å². The molecule has 1 N–H and O–H groups in total. The highest BCUT2D eigenvalue weighted by atomic mass is 32.1. The van der Waals surface area contributed by atoms with Gasteiger partial charge < -0.3 is 10.0 Å². The van der Waals surface area contributed by atoms with Crippen molar-refractivity contribution in [3.8, 4) is 0 Å². The summed E-state index contributed by atoms with van der Waals surface area (Å²) in [4.78, 5) is 25.5. The summed E-state index contributed by atoms with van der Waals surface area (Å²) < 4.78 is 0. The molecule has 2 aromatic rings. The first kappa shape index (κ1) is 14.3. The van der Waals surface area contributed by atoms with Crippen LogP contribution in [0.3, 0.4) is 0 Å². The van der Waals surface area contributed by atoms with E-state index < -0.39 is 5.97 Å². The molecule has 0 saturated heterocycles. The van der Waals surface area contributed by atoms with E-state index in [9.17, 15) is 9.59 Å². The molecule has 0 spiro atoms. The molecule has 0 atom stereocenters. The molecular weight excluding hydrogens is 274 g/mol. The van der Waals surface area contributed by atoms with Crippen LogP contribution in [0, 0.1) is 6.92 Å². The molecule has 0 aliphatic rings. The predicted octanol–water partition coefficient (Wildman–Crippen LogP) is 3.18. The van der Waals surface area contributed by atoms with E-state index in [1.54, 1.807) is 6.07 Å². The van der Waals surface area contributed by atoms with Crippen LogP contribution in [0.5, 0.6) is 0 Å². The normalized spacial score (nSPS) is 10.2. The number of benzene rings is 1. The van der Waals surface area contributed by atoms with Gasteiger partial charge >= 0.3 is 5.97 Å². The zero-order valence-electron chi connectivity index (χ0n) is 11.1. The summed E-state index contributed by atoms with van der Waals surface area (Å²) in [6, 6.07) is 11.0. The number of hydrogen-bond donors (Lipinski definition) is 1. The third-order valence-electron chi connectivity index (χ3n) is 2.93. The summed E-state index contributed by atoms with van der Waals surface area (Å²) in [5.41, 5.74) is 1.70. The van der Waals surface area contributed by atoms with Gasteiger partial charge in [-0.25, -0.2) is 0 Å². The molecule has 104 valence electrons. The van der Waals surface area contributed by atoms with Gasteiger partial charge in [-0.15, -0.1) is 11.3 Å². The van der Waals surface area contributed by atoms with Crippen LogP contribution in [0.2, 0.25) is 0 Å². The van der Waals surface area contributed by atoms with Crippen LogP contribution in [-0.4, -0.2) is 23.5 Å². The third kappa shape index (κ3) is 3.24. The average molecular weight is 289 g/mol. The lowest BCUT2D eigenvalue weighted by molar-refractivity contribution is -0.136. The fourth-order valence-corrected chi connectivity index (χ4v) is 2.61. The Hall–Kier alpha value is -2.14. The van der Waals surface area contributed by atoms with Gasteiger partial charge in [0.2, 0.25) is 0 Å². The molecule has 20 heavy (non-hydrogen) atoms. The highest BCUT2D eigenvalue weighted by molar-refractivity contribution is 7.12. The molecule has 1 heterocycles. The molecule has 0 aliphatic carbocycles. The number of carboxylic acids is 1. The molecule has 0 radical (unpaired) electrons. The fourth-order valence-electron chi connectivity index (χ4n) is 1.94. The van der Waals surface area contributed by atoms with Gasteiger partial charge in [0.05, 0.1) is 11.3 Å². The molecule has 0 saturated carbocycles. The number of anilines is 1. The molecule has 0 fully saturated rings. The van der Waals surface area contributed by atoms with Crippen LogP contribution in [0.25, 0.3) is 0 Å². The van der Waals surface area contributed by atoms with E-state index in [0.717, 1.165) is 11.3 Å². The van der Waals surface area contributed by atoms with Gasteiger partial charge in [-0.05, 0) is 30.0 Å².